The van der Waals surface area contributed by atoms with Gasteiger partial charge in [0.15, 0.2) is 0 Å². The average Bonchev–Trinajstić information content (AvgIpc) is 2.71. The van der Waals surface area contributed by atoms with E-state index in [0.29, 0.717) is 24.9 Å². The van der Waals surface area contributed by atoms with E-state index in [4.69, 9.17) is 5.26 Å². The molecular weight excluding hydrogens is 200 g/mol. The van der Waals surface area contributed by atoms with Crippen molar-refractivity contribution >= 4 is 5.91 Å². The normalized spacial score (nSPS) is 29.1. The van der Waals surface area contributed by atoms with Gasteiger partial charge >= 0.3 is 0 Å². The lowest BCUT2D eigenvalue weighted by Crippen LogP contribution is -2.40. The van der Waals surface area contributed by atoms with Crippen molar-refractivity contribution in [1.29, 1.82) is 5.26 Å². The Morgan fingerprint density at radius 2 is 2.06 bits per heavy atom. The number of rotatable bonds is 2. The van der Waals surface area contributed by atoms with E-state index in [1.807, 2.05) is 4.90 Å². The van der Waals surface area contributed by atoms with E-state index in [-0.39, 0.29) is 11.8 Å². The molecule has 2 fully saturated rings. The van der Waals surface area contributed by atoms with E-state index >= 15 is 0 Å². The molecular formula is C13H20N2O. The first-order chi connectivity index (χ1) is 7.72. The summed E-state index contributed by atoms with van der Waals surface area (Å²) in [5.41, 5.74) is 0. The molecule has 3 heteroatoms. The van der Waals surface area contributed by atoms with Crippen LogP contribution in [-0.2, 0) is 4.79 Å². The van der Waals surface area contributed by atoms with Crippen LogP contribution in [0.2, 0.25) is 0 Å². The van der Waals surface area contributed by atoms with Crippen molar-refractivity contribution in [2.24, 2.45) is 11.8 Å². The van der Waals surface area contributed by atoms with Gasteiger partial charge in [-0.15, -0.1) is 0 Å². The van der Waals surface area contributed by atoms with Crippen LogP contribution in [0.3, 0.4) is 0 Å². The molecule has 1 aliphatic heterocycles. The Labute approximate surface area is 97.4 Å². The molecule has 1 heterocycles. The molecule has 16 heavy (non-hydrogen) atoms. The largest absolute Gasteiger partial charge is 0.338 e. The maximum atomic E-state index is 11.8. The summed E-state index contributed by atoms with van der Waals surface area (Å²) in [6, 6.07) is 2.56. The maximum absolute atomic E-state index is 11.8. The third-order valence-corrected chi connectivity index (χ3v) is 4.16. The molecule has 1 saturated heterocycles. The van der Waals surface area contributed by atoms with Crippen LogP contribution in [0.1, 0.15) is 45.4 Å². The minimum Gasteiger partial charge on any atom is -0.338 e. The fourth-order valence-corrected chi connectivity index (χ4v) is 3.08. The topological polar surface area (TPSA) is 44.1 Å². The number of carbonyl (C=O) groups is 1. The molecule has 3 nitrogen and oxygen atoms in total. The van der Waals surface area contributed by atoms with Gasteiger partial charge in [0.25, 0.3) is 0 Å². The van der Waals surface area contributed by atoms with Gasteiger partial charge in [-0.1, -0.05) is 19.3 Å². The van der Waals surface area contributed by atoms with Gasteiger partial charge in [-0.05, 0) is 25.7 Å². The SMILES string of the molecule is CC(C1CCCCC1)N1CC(C#N)CC1=O. The highest BCUT2D eigenvalue weighted by molar-refractivity contribution is 5.79. The Balaban J connectivity index is 1.96. The number of nitrogens with zero attached hydrogens (tertiary/aromatic N) is 2. The van der Waals surface area contributed by atoms with Gasteiger partial charge in [0.2, 0.25) is 5.91 Å². The molecule has 1 aliphatic carbocycles. The molecule has 0 aromatic heterocycles. The van der Waals surface area contributed by atoms with Crippen LogP contribution in [0.25, 0.3) is 0 Å². The summed E-state index contributed by atoms with van der Waals surface area (Å²) < 4.78 is 0. The van der Waals surface area contributed by atoms with Gasteiger partial charge in [-0.2, -0.15) is 5.26 Å². The zero-order chi connectivity index (χ0) is 11.5. The Bertz CT molecular complexity index is 302. The smallest absolute Gasteiger partial charge is 0.224 e. The first-order valence-electron chi connectivity index (χ1n) is 6.41. The lowest BCUT2D eigenvalue weighted by atomic mass is 9.84. The molecule has 1 saturated carbocycles. The van der Waals surface area contributed by atoms with Gasteiger partial charge in [0.1, 0.15) is 0 Å². The third-order valence-electron chi connectivity index (χ3n) is 4.16. The quantitative estimate of drug-likeness (QED) is 0.717. The van der Waals surface area contributed by atoms with Gasteiger partial charge < -0.3 is 4.90 Å². The average molecular weight is 220 g/mol. The van der Waals surface area contributed by atoms with Crippen LogP contribution in [-0.4, -0.2) is 23.4 Å². The molecule has 2 rings (SSSR count). The molecule has 2 atom stereocenters. The van der Waals surface area contributed by atoms with Crippen molar-refractivity contribution in [2.45, 2.75) is 51.5 Å². The Morgan fingerprint density at radius 1 is 1.38 bits per heavy atom. The standard InChI is InChI=1S/C13H20N2O/c1-10(12-5-3-2-4-6-12)15-9-11(8-14)7-13(15)16/h10-12H,2-7,9H2,1H3. The fourth-order valence-electron chi connectivity index (χ4n) is 3.08. The van der Waals surface area contributed by atoms with Crippen molar-refractivity contribution < 1.29 is 4.79 Å². The molecule has 0 aromatic rings. The summed E-state index contributed by atoms with van der Waals surface area (Å²) in [6.07, 6.45) is 6.90. The van der Waals surface area contributed by atoms with Gasteiger partial charge in [0, 0.05) is 19.0 Å². The zero-order valence-electron chi connectivity index (χ0n) is 9.98. The maximum Gasteiger partial charge on any atom is 0.224 e. The lowest BCUT2D eigenvalue weighted by Gasteiger charge is -2.34. The summed E-state index contributed by atoms with van der Waals surface area (Å²) in [7, 11) is 0. The summed E-state index contributed by atoms with van der Waals surface area (Å²) >= 11 is 0. The molecule has 2 unspecified atom stereocenters. The molecule has 0 bridgehead atoms. The van der Waals surface area contributed by atoms with Crippen molar-refractivity contribution in [3.8, 4) is 6.07 Å². The van der Waals surface area contributed by atoms with E-state index < -0.39 is 0 Å². The number of likely N-dealkylation sites (tertiary alicyclic amines) is 1. The molecule has 0 N–H and O–H groups in total. The van der Waals surface area contributed by atoms with Crippen LogP contribution in [0.4, 0.5) is 0 Å². The van der Waals surface area contributed by atoms with Gasteiger partial charge in [-0.3, -0.25) is 4.79 Å². The van der Waals surface area contributed by atoms with Crippen molar-refractivity contribution in [3.05, 3.63) is 0 Å². The fraction of sp³-hybridized carbons (Fsp3) is 0.846. The molecule has 1 amide bonds. The van der Waals surface area contributed by atoms with Crippen molar-refractivity contribution in [1.82, 2.24) is 4.90 Å². The van der Waals surface area contributed by atoms with E-state index in [1.165, 1.54) is 32.1 Å². The van der Waals surface area contributed by atoms with Crippen molar-refractivity contribution in [3.63, 3.8) is 0 Å². The van der Waals surface area contributed by atoms with Gasteiger partial charge in [0.05, 0.1) is 12.0 Å². The first-order valence-corrected chi connectivity index (χ1v) is 6.41. The second-order valence-electron chi connectivity index (χ2n) is 5.21. The second-order valence-corrected chi connectivity index (χ2v) is 5.21. The number of carbonyl (C=O) groups excluding carboxylic acids is 1. The summed E-state index contributed by atoms with van der Waals surface area (Å²) in [4.78, 5) is 13.8. The Kier molecular flexibility index (Phi) is 3.48. The van der Waals surface area contributed by atoms with E-state index in [9.17, 15) is 4.79 Å². The minimum atomic E-state index is -0.0708. The lowest BCUT2D eigenvalue weighted by molar-refractivity contribution is -0.130. The van der Waals surface area contributed by atoms with E-state index in [2.05, 4.69) is 13.0 Å². The highest BCUT2D eigenvalue weighted by Gasteiger charge is 2.35. The molecule has 2 aliphatic rings. The predicted molar refractivity (Wildman–Crippen MR) is 61.5 cm³/mol. The van der Waals surface area contributed by atoms with Gasteiger partial charge in [-0.25, -0.2) is 0 Å². The minimum absolute atomic E-state index is 0.0708. The third kappa shape index (κ3) is 2.21. The molecule has 0 spiro atoms. The zero-order valence-corrected chi connectivity index (χ0v) is 9.98. The van der Waals surface area contributed by atoms with Crippen LogP contribution in [0.15, 0.2) is 0 Å². The van der Waals surface area contributed by atoms with E-state index in [1.54, 1.807) is 0 Å². The highest BCUT2D eigenvalue weighted by Crippen LogP contribution is 2.31. The second kappa shape index (κ2) is 4.86. The summed E-state index contributed by atoms with van der Waals surface area (Å²) in [6.45, 7) is 2.82. The number of hydrogen-bond acceptors (Lipinski definition) is 2. The monoisotopic (exact) mass is 220 g/mol. The number of nitriles is 1. The molecule has 0 aromatic carbocycles. The van der Waals surface area contributed by atoms with Crippen molar-refractivity contribution in [2.75, 3.05) is 6.54 Å². The highest BCUT2D eigenvalue weighted by atomic mass is 16.2. The van der Waals surface area contributed by atoms with Crippen LogP contribution >= 0.6 is 0 Å². The van der Waals surface area contributed by atoms with Crippen LogP contribution in [0, 0.1) is 23.2 Å². The van der Waals surface area contributed by atoms with Crippen LogP contribution in [0.5, 0.6) is 0 Å². The first kappa shape index (κ1) is 11.4. The number of amides is 1. The number of hydrogen-bond donors (Lipinski definition) is 0. The Hall–Kier alpha value is -1.04. The predicted octanol–water partition coefficient (Wildman–Crippen LogP) is 2.33. The summed E-state index contributed by atoms with van der Waals surface area (Å²) in [5, 5.41) is 8.86. The Morgan fingerprint density at radius 3 is 2.62 bits per heavy atom. The molecule has 88 valence electrons. The van der Waals surface area contributed by atoms with Crippen LogP contribution < -0.4 is 0 Å². The van der Waals surface area contributed by atoms with E-state index in [0.717, 1.165) is 0 Å². The molecule has 0 radical (unpaired) electrons. The summed E-state index contributed by atoms with van der Waals surface area (Å²) in [5.74, 6) is 0.776.